The number of nitrogens with zero attached hydrogens (tertiary/aromatic N) is 12. The van der Waals surface area contributed by atoms with Crippen molar-refractivity contribution in [1.82, 2.24) is 68.1 Å². The standard InChI is InChI=1S/C36H47N18O19P3S3/c37-31-43-11-53(35(59)49-31)23-2-14(17(5-55)67-23)71-75(62,78)65-7-19-15(3-22(69-19)52-10-42-26-28(52)46-34(40)48-30(26)58)72-76(63,79)66-8-20-16(4-24(70-20)54-12-44-32(38)50-36(54)60)73-74(61,77)64-6-18-13(56)1-21(68-18)51-9-41-25-27(51)45-33(39)47-29(25)57/h9-24,55-56H,1-8H2,(H,61,77)(H,62,78)(H,63,79)(H2,37,49,59)(H2,38,50,60)(H3,39,45,47,57)(H3,40,46,48,58)/t13?,14?,15?,16?,17-,18-,19-,20-,21-,22-,23-,24-,74?,75?,76?/m1/s1. The van der Waals surface area contributed by atoms with Crippen LogP contribution in [0.25, 0.3) is 22.3 Å². The minimum Gasteiger partial charge on any atom is -0.394 e. The lowest BCUT2D eigenvalue weighted by atomic mass is 10.2. The molecule has 4 aliphatic rings. The number of nitrogens with one attached hydrogen (secondary N) is 2. The van der Waals surface area contributed by atoms with Gasteiger partial charge in [-0.3, -0.25) is 65.0 Å². The third-order valence-electron chi connectivity index (χ3n) is 12.6. The molecular weight excluding hydrogens is 1180 g/mol. The van der Waals surface area contributed by atoms with Gasteiger partial charge >= 0.3 is 31.8 Å². The number of rotatable bonds is 20. The van der Waals surface area contributed by atoms with Gasteiger partial charge in [0, 0.05) is 25.7 Å². The van der Waals surface area contributed by atoms with Crippen LogP contribution in [0.4, 0.5) is 23.8 Å². The molecular formula is C36H47N18O19P3S3. The number of nitrogens with two attached hydrogens (primary N) is 4. The summed E-state index contributed by atoms with van der Waals surface area (Å²) in [6.45, 7) is -16.1. The van der Waals surface area contributed by atoms with Crippen molar-refractivity contribution in [2.24, 2.45) is 0 Å². The molecule has 10 heterocycles. The van der Waals surface area contributed by atoms with Crippen molar-refractivity contribution in [2.45, 2.75) is 99.4 Å². The van der Waals surface area contributed by atoms with Gasteiger partial charge in [0.15, 0.2) is 22.3 Å². The second-order valence-electron chi connectivity index (χ2n) is 17.8. The van der Waals surface area contributed by atoms with Crippen LogP contribution < -0.4 is 45.4 Å². The van der Waals surface area contributed by atoms with E-state index in [4.69, 9.17) is 69.0 Å². The van der Waals surface area contributed by atoms with Crippen molar-refractivity contribution in [3.05, 3.63) is 67.0 Å². The van der Waals surface area contributed by atoms with Crippen molar-refractivity contribution >= 4 is 103 Å². The van der Waals surface area contributed by atoms with E-state index in [9.17, 15) is 43.1 Å². The molecule has 0 amide bonds. The highest BCUT2D eigenvalue weighted by molar-refractivity contribution is 8.45. The number of H-pyrrole nitrogens is 2. The monoisotopic (exact) mass is 1220 g/mol. The largest absolute Gasteiger partial charge is 0.394 e. The van der Waals surface area contributed by atoms with Crippen LogP contribution in [0.15, 0.2) is 44.5 Å². The Morgan fingerprint density at radius 3 is 1.32 bits per heavy atom. The van der Waals surface area contributed by atoms with Crippen LogP contribution in [0.2, 0.25) is 0 Å². The summed E-state index contributed by atoms with van der Waals surface area (Å²) in [5.74, 6) is -1.07. The molecule has 37 nitrogen and oxygen atoms in total. The van der Waals surface area contributed by atoms with Crippen LogP contribution in [0.5, 0.6) is 0 Å². The third-order valence-corrected chi connectivity index (χ3v) is 17.5. The van der Waals surface area contributed by atoms with Crippen LogP contribution in [0.1, 0.15) is 50.6 Å². The Hall–Kier alpha value is -5.22. The summed E-state index contributed by atoms with van der Waals surface area (Å²) >= 11 is 12.5. The SMILES string of the molecule is Nc1ncn([C@H]2CC(OP(=O)(S)OC[C@H]3O[C@@H](n4cnc5c(=O)[nH]c(N)nc54)CC3OP(=O)(S)OC[C@H]3O[C@@H](n4cnc(N)nc4=O)CC3OP(=O)(S)OC[C@H]3O[C@@H](n4cnc5c(=O)[nH]c(N)nc54)CC3O)[C@@H](CO)O2)c(=O)n1. The molecule has 0 bridgehead atoms. The molecule has 6 aromatic heterocycles. The summed E-state index contributed by atoms with van der Waals surface area (Å²) in [5, 5.41) is 21.0. The molecule has 0 saturated carbocycles. The fourth-order valence-corrected chi connectivity index (χ4v) is 13.5. The van der Waals surface area contributed by atoms with Gasteiger partial charge in [-0.05, 0) is 0 Å². The maximum Gasteiger partial charge on any atom is 0.386 e. The fraction of sp³-hybridized carbons (Fsp3) is 0.556. The lowest BCUT2D eigenvalue weighted by Crippen LogP contribution is -2.31. The van der Waals surface area contributed by atoms with Crippen LogP contribution >= 0.6 is 57.1 Å². The molecule has 6 aromatic rings. The highest BCUT2D eigenvalue weighted by atomic mass is 32.7. The van der Waals surface area contributed by atoms with Gasteiger partial charge in [-0.15, -0.1) is 0 Å². The molecule has 0 aliphatic carbocycles. The van der Waals surface area contributed by atoms with Gasteiger partial charge in [0.25, 0.3) is 11.1 Å². The van der Waals surface area contributed by atoms with E-state index in [0.29, 0.717) is 0 Å². The Kier molecular flexibility index (Phi) is 16.3. The second kappa shape index (κ2) is 22.6. The van der Waals surface area contributed by atoms with E-state index in [1.807, 2.05) is 0 Å². The number of hydrogen-bond donors (Lipinski definition) is 11. The van der Waals surface area contributed by atoms with Crippen molar-refractivity contribution in [3.8, 4) is 0 Å². The number of nitrogen functional groups attached to an aromatic ring is 4. The molecule has 0 aromatic carbocycles. The van der Waals surface area contributed by atoms with E-state index in [0.717, 1.165) is 21.8 Å². The Bertz CT molecular complexity index is 3670. The number of aliphatic hydroxyl groups is 2. The van der Waals surface area contributed by atoms with E-state index >= 15 is 0 Å². The Balaban J connectivity index is 0.828. The molecule has 0 radical (unpaired) electrons. The fourth-order valence-electron chi connectivity index (χ4n) is 8.97. The zero-order valence-electron chi connectivity index (χ0n) is 40.1. The number of thiol groups is 3. The van der Waals surface area contributed by atoms with Gasteiger partial charge in [-0.2, -0.15) is 19.9 Å². The number of aliphatic hydroxyl groups excluding tert-OH is 2. The van der Waals surface area contributed by atoms with Gasteiger partial charge in [0.1, 0.15) is 80.3 Å². The number of hydrogen-bond acceptors (Lipinski definition) is 31. The van der Waals surface area contributed by atoms with Gasteiger partial charge in [0.2, 0.25) is 23.8 Å². The van der Waals surface area contributed by atoms with Gasteiger partial charge in [-0.25, -0.2) is 43.2 Å². The number of aromatic nitrogens is 14. The summed E-state index contributed by atoms with van der Waals surface area (Å²) in [5.41, 5.74) is 19.6. The molecule has 4 fully saturated rings. The zero-order chi connectivity index (χ0) is 56.3. The van der Waals surface area contributed by atoms with E-state index in [1.54, 1.807) is 0 Å². The molecule has 7 unspecified atom stereocenters. The lowest BCUT2D eigenvalue weighted by Gasteiger charge is -2.26. The zero-order valence-corrected chi connectivity index (χ0v) is 45.5. The molecule has 428 valence electrons. The van der Waals surface area contributed by atoms with Gasteiger partial charge < -0.3 is 52.1 Å². The Morgan fingerprint density at radius 1 is 0.544 bits per heavy atom. The number of aromatic amines is 2. The quantitative estimate of drug-likeness (QED) is 0.0313. The van der Waals surface area contributed by atoms with Crippen LogP contribution in [-0.4, -0.2) is 154 Å². The maximum atomic E-state index is 14.3. The van der Waals surface area contributed by atoms with Gasteiger partial charge in [0.05, 0.1) is 45.2 Å². The molecule has 43 heteroatoms. The van der Waals surface area contributed by atoms with Crippen molar-refractivity contribution in [2.75, 3.05) is 49.4 Å². The molecule has 15 atom stereocenters. The highest BCUT2D eigenvalue weighted by Crippen LogP contribution is 2.60. The first kappa shape index (κ1) is 57.0. The van der Waals surface area contributed by atoms with E-state index in [1.165, 1.54) is 21.8 Å². The number of anilines is 4. The topological polar surface area (TPSA) is 511 Å². The summed E-state index contributed by atoms with van der Waals surface area (Å²) in [6, 6.07) is 0. The van der Waals surface area contributed by atoms with E-state index in [2.05, 4.69) is 86.6 Å². The number of fused-ring (bicyclic) bond motifs is 2. The molecule has 12 N–H and O–H groups in total. The average molecular weight is 1230 g/mol. The van der Waals surface area contributed by atoms with Gasteiger partial charge in [-0.1, -0.05) is 36.7 Å². The summed E-state index contributed by atoms with van der Waals surface area (Å²) in [6.07, 6.45) is -10.4. The minimum atomic E-state index is -4.62. The molecule has 79 heavy (non-hydrogen) atoms. The van der Waals surface area contributed by atoms with Crippen LogP contribution in [0, 0.1) is 0 Å². The van der Waals surface area contributed by atoms with E-state index in [-0.39, 0.29) is 71.8 Å². The second-order valence-corrected chi connectivity index (χ2v) is 26.4. The molecule has 0 spiro atoms. The minimum absolute atomic E-state index is 0.0201. The van der Waals surface area contributed by atoms with Crippen molar-refractivity contribution in [1.29, 1.82) is 0 Å². The normalized spacial score (nSPS) is 29.5. The first-order valence-electron chi connectivity index (χ1n) is 23.2. The lowest BCUT2D eigenvalue weighted by molar-refractivity contribution is -0.0527. The number of imidazole rings is 2. The first-order valence-corrected chi connectivity index (χ1v) is 31.2. The maximum absolute atomic E-state index is 14.3. The highest BCUT2D eigenvalue weighted by Gasteiger charge is 2.48. The van der Waals surface area contributed by atoms with Crippen molar-refractivity contribution < 1.29 is 70.0 Å². The third kappa shape index (κ3) is 12.6. The molecule has 4 saturated heterocycles. The average Bonchev–Trinajstić information content (AvgIpc) is 4.45. The van der Waals surface area contributed by atoms with Crippen LogP contribution in [0.3, 0.4) is 0 Å². The van der Waals surface area contributed by atoms with E-state index < -0.39 is 143 Å². The first-order chi connectivity index (χ1) is 37.4. The predicted octanol–water partition coefficient (Wildman–Crippen LogP) is -1.29. The predicted molar refractivity (Wildman–Crippen MR) is 276 cm³/mol. The smallest absolute Gasteiger partial charge is 0.386 e. The Morgan fingerprint density at radius 2 is 0.899 bits per heavy atom. The van der Waals surface area contributed by atoms with Crippen LogP contribution in [-0.2, 0) is 59.8 Å². The molecule has 4 aliphatic heterocycles. The van der Waals surface area contributed by atoms with Crippen molar-refractivity contribution in [3.63, 3.8) is 0 Å². The number of ether oxygens (including phenoxy) is 4. The Labute approximate surface area is 455 Å². The summed E-state index contributed by atoms with van der Waals surface area (Å²) < 4.78 is 105. The summed E-state index contributed by atoms with van der Waals surface area (Å²) in [7, 11) is 0. The molecule has 10 rings (SSSR count). The summed E-state index contributed by atoms with van der Waals surface area (Å²) in [4.78, 5) is 86.3.